The number of aliphatic carboxylic acids is 1. The lowest BCUT2D eigenvalue weighted by molar-refractivity contribution is -0.140. The van der Waals surface area contributed by atoms with Crippen molar-refractivity contribution in [3.05, 3.63) is 12.2 Å². The van der Waals surface area contributed by atoms with Crippen molar-refractivity contribution in [1.29, 1.82) is 0 Å². The molecule has 0 aromatic rings. The van der Waals surface area contributed by atoms with Gasteiger partial charge in [0.2, 0.25) is 11.8 Å². The normalized spacial score (nSPS) is 29.1. The highest BCUT2D eigenvalue weighted by Gasteiger charge is 2.49. The van der Waals surface area contributed by atoms with Crippen LogP contribution >= 0.6 is 0 Å². The van der Waals surface area contributed by atoms with Crippen molar-refractivity contribution in [2.45, 2.75) is 19.3 Å². The summed E-state index contributed by atoms with van der Waals surface area (Å²) in [6, 6.07) is 0. The van der Waals surface area contributed by atoms with Gasteiger partial charge in [-0.25, -0.2) is 4.79 Å². The fourth-order valence-electron chi connectivity index (χ4n) is 2.50. The van der Waals surface area contributed by atoms with E-state index in [0.29, 0.717) is 0 Å². The predicted octanol–water partition coefficient (Wildman–Crippen LogP) is 0.412. The number of carbonyl (C=O) groups is 3. The molecule has 1 N–H and O–H groups in total. The Bertz CT molecular complexity index is 352. The molecule has 1 aliphatic heterocycles. The second-order valence-electron chi connectivity index (χ2n) is 4.17. The van der Waals surface area contributed by atoms with Crippen LogP contribution in [0.3, 0.4) is 0 Å². The standard InChI is InChI=1S/C11H13NO4/c13-9(14)5-2-6-12-10(15)7-3-1-4-8(7)11(12)16/h2,5,7-8H,1,3-4,6H2,(H,13,14)/b5-2+. The van der Waals surface area contributed by atoms with E-state index < -0.39 is 5.97 Å². The highest BCUT2D eigenvalue weighted by atomic mass is 16.4. The average Bonchev–Trinajstić information content (AvgIpc) is 2.77. The fourth-order valence-corrected chi connectivity index (χ4v) is 2.50. The number of hydrogen-bond donors (Lipinski definition) is 1. The molecule has 0 radical (unpaired) electrons. The SMILES string of the molecule is O=C(O)/C=C/CN1C(=O)C2CCCC2C1=O. The number of carboxylic acids is 1. The van der Waals surface area contributed by atoms with E-state index >= 15 is 0 Å². The first-order chi connectivity index (χ1) is 7.61. The van der Waals surface area contributed by atoms with E-state index in [0.717, 1.165) is 25.3 Å². The van der Waals surface area contributed by atoms with E-state index in [1.807, 2.05) is 0 Å². The molecule has 2 rings (SSSR count). The van der Waals surface area contributed by atoms with E-state index in [4.69, 9.17) is 5.11 Å². The summed E-state index contributed by atoms with van der Waals surface area (Å²) in [5, 5.41) is 8.41. The van der Waals surface area contributed by atoms with E-state index in [1.54, 1.807) is 0 Å². The highest BCUT2D eigenvalue weighted by molar-refractivity contribution is 6.05. The summed E-state index contributed by atoms with van der Waals surface area (Å²) >= 11 is 0. The lowest BCUT2D eigenvalue weighted by Gasteiger charge is -2.12. The van der Waals surface area contributed by atoms with Crippen molar-refractivity contribution in [2.24, 2.45) is 11.8 Å². The summed E-state index contributed by atoms with van der Waals surface area (Å²) in [6.45, 7) is 0.0803. The third kappa shape index (κ3) is 1.73. The van der Waals surface area contributed by atoms with Gasteiger partial charge in [-0.05, 0) is 12.8 Å². The van der Waals surface area contributed by atoms with Gasteiger partial charge >= 0.3 is 5.97 Å². The third-order valence-electron chi connectivity index (χ3n) is 3.23. The third-order valence-corrected chi connectivity index (χ3v) is 3.23. The van der Waals surface area contributed by atoms with E-state index in [-0.39, 0.29) is 30.2 Å². The molecule has 5 heteroatoms. The van der Waals surface area contributed by atoms with Gasteiger partial charge in [0, 0.05) is 12.6 Å². The van der Waals surface area contributed by atoms with Crippen molar-refractivity contribution >= 4 is 17.8 Å². The zero-order chi connectivity index (χ0) is 11.7. The second kappa shape index (κ2) is 4.08. The minimum atomic E-state index is -1.07. The minimum absolute atomic E-state index is 0.0803. The highest BCUT2D eigenvalue weighted by Crippen LogP contribution is 2.39. The lowest BCUT2D eigenvalue weighted by Crippen LogP contribution is -2.31. The molecule has 16 heavy (non-hydrogen) atoms. The van der Waals surface area contributed by atoms with Crippen LogP contribution in [0.1, 0.15) is 19.3 Å². The molecule has 5 nitrogen and oxygen atoms in total. The number of nitrogens with zero attached hydrogens (tertiary/aromatic N) is 1. The van der Waals surface area contributed by atoms with Gasteiger partial charge in [-0.2, -0.15) is 0 Å². The molecule has 0 bridgehead atoms. The van der Waals surface area contributed by atoms with Crippen LogP contribution < -0.4 is 0 Å². The molecule has 1 aliphatic carbocycles. The summed E-state index contributed by atoms with van der Waals surface area (Å²) in [5.41, 5.74) is 0. The van der Waals surface area contributed by atoms with E-state index in [1.165, 1.54) is 11.0 Å². The maximum Gasteiger partial charge on any atom is 0.328 e. The van der Waals surface area contributed by atoms with Gasteiger partial charge in [0.15, 0.2) is 0 Å². The topological polar surface area (TPSA) is 74.7 Å². The van der Waals surface area contributed by atoms with Crippen LogP contribution in [0.2, 0.25) is 0 Å². The number of carboxylic acid groups (broad SMARTS) is 1. The monoisotopic (exact) mass is 223 g/mol. The van der Waals surface area contributed by atoms with Gasteiger partial charge in [0.05, 0.1) is 11.8 Å². The zero-order valence-electron chi connectivity index (χ0n) is 8.76. The molecule has 1 heterocycles. The van der Waals surface area contributed by atoms with Gasteiger partial charge in [-0.3, -0.25) is 14.5 Å². The lowest BCUT2D eigenvalue weighted by atomic mass is 10.00. The van der Waals surface area contributed by atoms with Crippen molar-refractivity contribution in [3.8, 4) is 0 Å². The van der Waals surface area contributed by atoms with Crippen LogP contribution in [0.15, 0.2) is 12.2 Å². The molecule has 2 atom stereocenters. The summed E-state index contributed by atoms with van der Waals surface area (Å²) in [5.74, 6) is -1.64. The average molecular weight is 223 g/mol. The molecule has 2 aliphatic rings. The van der Waals surface area contributed by atoms with Crippen LogP contribution in [-0.4, -0.2) is 34.3 Å². The summed E-state index contributed by atoms with van der Waals surface area (Å²) in [7, 11) is 0. The van der Waals surface area contributed by atoms with E-state index in [9.17, 15) is 14.4 Å². The van der Waals surface area contributed by atoms with Gasteiger partial charge in [0.1, 0.15) is 0 Å². The van der Waals surface area contributed by atoms with Gasteiger partial charge in [-0.15, -0.1) is 0 Å². The molecular formula is C11H13NO4. The summed E-state index contributed by atoms with van der Waals surface area (Å²) in [4.78, 5) is 35.0. The first kappa shape index (κ1) is 10.9. The number of amides is 2. The zero-order valence-corrected chi connectivity index (χ0v) is 8.76. The Morgan fingerprint density at radius 1 is 1.31 bits per heavy atom. The predicted molar refractivity (Wildman–Crippen MR) is 54.3 cm³/mol. The van der Waals surface area contributed by atoms with Gasteiger partial charge in [0.25, 0.3) is 0 Å². The molecule has 0 spiro atoms. The first-order valence-electron chi connectivity index (χ1n) is 5.36. The molecule has 0 aromatic heterocycles. The summed E-state index contributed by atoms with van der Waals surface area (Å²) in [6.07, 6.45) is 4.79. The number of carbonyl (C=O) groups excluding carboxylic acids is 2. The Hall–Kier alpha value is -1.65. The molecule has 0 aromatic carbocycles. The molecule has 2 amide bonds. The Kier molecular flexibility index (Phi) is 2.77. The fraction of sp³-hybridized carbons (Fsp3) is 0.545. The Morgan fingerprint density at radius 2 is 1.88 bits per heavy atom. The molecule has 2 unspecified atom stereocenters. The van der Waals surface area contributed by atoms with Crippen LogP contribution in [0.4, 0.5) is 0 Å². The van der Waals surface area contributed by atoms with Crippen LogP contribution in [0.25, 0.3) is 0 Å². The maximum absolute atomic E-state index is 11.8. The molecule has 1 saturated heterocycles. The number of imide groups is 1. The van der Waals surface area contributed by atoms with Gasteiger partial charge in [-0.1, -0.05) is 12.5 Å². The Labute approximate surface area is 92.7 Å². The minimum Gasteiger partial charge on any atom is -0.478 e. The Morgan fingerprint density at radius 3 is 2.38 bits per heavy atom. The summed E-state index contributed by atoms with van der Waals surface area (Å²) < 4.78 is 0. The Balaban J connectivity index is 2.04. The number of fused-ring (bicyclic) bond motifs is 1. The van der Waals surface area contributed by atoms with E-state index in [2.05, 4.69) is 0 Å². The molecule has 2 fully saturated rings. The van der Waals surface area contributed by atoms with Crippen molar-refractivity contribution in [1.82, 2.24) is 4.90 Å². The maximum atomic E-state index is 11.8. The largest absolute Gasteiger partial charge is 0.478 e. The van der Waals surface area contributed by atoms with Crippen LogP contribution in [0.5, 0.6) is 0 Å². The molecule has 86 valence electrons. The number of likely N-dealkylation sites (tertiary alicyclic amines) is 1. The number of rotatable bonds is 3. The second-order valence-corrected chi connectivity index (χ2v) is 4.17. The number of hydrogen-bond acceptors (Lipinski definition) is 3. The first-order valence-corrected chi connectivity index (χ1v) is 5.36. The quantitative estimate of drug-likeness (QED) is 0.555. The van der Waals surface area contributed by atoms with Crippen LogP contribution in [-0.2, 0) is 14.4 Å². The van der Waals surface area contributed by atoms with Crippen molar-refractivity contribution < 1.29 is 19.5 Å². The molecule has 1 saturated carbocycles. The van der Waals surface area contributed by atoms with Crippen molar-refractivity contribution in [2.75, 3.05) is 6.54 Å². The smallest absolute Gasteiger partial charge is 0.328 e. The van der Waals surface area contributed by atoms with Crippen molar-refractivity contribution in [3.63, 3.8) is 0 Å². The van der Waals surface area contributed by atoms with Crippen LogP contribution in [0, 0.1) is 11.8 Å². The van der Waals surface area contributed by atoms with Gasteiger partial charge < -0.3 is 5.11 Å². The molecular weight excluding hydrogens is 210 g/mol.